The van der Waals surface area contributed by atoms with E-state index >= 15 is 0 Å². The van der Waals surface area contributed by atoms with E-state index in [0.29, 0.717) is 21.7 Å². The van der Waals surface area contributed by atoms with Crippen LogP contribution in [0.3, 0.4) is 0 Å². The quantitative estimate of drug-likeness (QED) is 0.258. The zero-order valence-electron chi connectivity index (χ0n) is 25.1. The van der Waals surface area contributed by atoms with Gasteiger partial charge < -0.3 is 15.0 Å². The van der Waals surface area contributed by atoms with Crippen molar-refractivity contribution in [3.63, 3.8) is 0 Å². The van der Waals surface area contributed by atoms with Gasteiger partial charge in [0.2, 0.25) is 11.8 Å². The Hall–Kier alpha value is -3.77. The predicted molar refractivity (Wildman–Crippen MR) is 166 cm³/mol. The Kier molecular flexibility index (Phi) is 10.7. The lowest BCUT2D eigenvalue weighted by Gasteiger charge is -2.32. The van der Waals surface area contributed by atoms with Crippen LogP contribution < -0.4 is 14.4 Å². The fraction of sp³-hybridized carbons (Fsp3) is 0.375. The van der Waals surface area contributed by atoms with Crippen molar-refractivity contribution < 1.29 is 35.9 Å². The van der Waals surface area contributed by atoms with Crippen LogP contribution in [0.5, 0.6) is 5.75 Å². The number of benzene rings is 3. The number of amides is 2. The summed E-state index contributed by atoms with van der Waals surface area (Å²) in [7, 11) is -3.06. The summed E-state index contributed by atoms with van der Waals surface area (Å²) in [6, 6.07) is 14.1. The van der Waals surface area contributed by atoms with Crippen molar-refractivity contribution in [1.29, 1.82) is 0 Å². The molecule has 242 valence electrons. The molecule has 0 spiro atoms. The molecule has 0 bridgehead atoms. The van der Waals surface area contributed by atoms with E-state index in [2.05, 4.69) is 5.32 Å². The predicted octanol–water partition coefficient (Wildman–Crippen LogP) is 6.35. The second kappa shape index (κ2) is 14.1. The van der Waals surface area contributed by atoms with E-state index in [0.717, 1.165) is 43.4 Å². The zero-order chi connectivity index (χ0) is 32.9. The van der Waals surface area contributed by atoms with Crippen molar-refractivity contribution in [1.82, 2.24) is 10.2 Å². The average molecular weight is 666 g/mol. The van der Waals surface area contributed by atoms with E-state index in [-0.39, 0.29) is 17.5 Å². The lowest BCUT2D eigenvalue weighted by atomic mass is 10.1. The van der Waals surface area contributed by atoms with Gasteiger partial charge in [0.05, 0.1) is 28.3 Å². The SMILES string of the molecule is COc1ccc(CN(C(=O)CN(c2ccc(Cl)c(C(F)(F)F)c2)S(=O)(=O)c2ccc(C)cc2)[C@H](C)C(=O)NC2CCCC2)cc1. The molecule has 1 saturated carbocycles. The van der Waals surface area contributed by atoms with Crippen molar-refractivity contribution in [2.75, 3.05) is 18.0 Å². The van der Waals surface area contributed by atoms with Crippen LogP contribution >= 0.6 is 11.6 Å². The summed E-state index contributed by atoms with van der Waals surface area (Å²) >= 11 is 5.83. The Morgan fingerprint density at radius 2 is 1.64 bits per heavy atom. The third kappa shape index (κ3) is 8.29. The maximum absolute atomic E-state index is 14.1. The highest BCUT2D eigenvalue weighted by molar-refractivity contribution is 7.92. The number of aryl methyl sites for hydroxylation is 1. The van der Waals surface area contributed by atoms with Crippen LogP contribution in [-0.2, 0) is 32.3 Å². The number of methoxy groups -OCH3 is 1. The number of hydrogen-bond acceptors (Lipinski definition) is 5. The molecule has 8 nitrogen and oxygen atoms in total. The molecule has 1 N–H and O–H groups in total. The highest BCUT2D eigenvalue weighted by Gasteiger charge is 2.37. The molecule has 2 amide bonds. The van der Waals surface area contributed by atoms with Gasteiger partial charge in [0.1, 0.15) is 18.3 Å². The van der Waals surface area contributed by atoms with E-state index in [1.54, 1.807) is 43.3 Å². The molecule has 0 heterocycles. The third-order valence-corrected chi connectivity index (χ3v) is 9.93. The minimum atomic E-state index is -4.89. The van der Waals surface area contributed by atoms with Crippen molar-refractivity contribution in [2.24, 2.45) is 0 Å². The molecule has 3 aromatic rings. The average Bonchev–Trinajstić information content (AvgIpc) is 3.51. The standard InChI is InChI=1S/C32H35ClF3N3O5S/c1-21-8-15-27(16-9-21)45(42,43)39(25-12-17-29(33)28(18-25)32(34,35)36)20-30(40)38(19-23-10-13-26(44-3)14-11-23)22(2)31(41)37-24-6-4-5-7-24/h8-18,22,24H,4-7,19-20H2,1-3H3,(H,37,41)/t22-/m1/s1. The highest BCUT2D eigenvalue weighted by Crippen LogP contribution is 2.38. The molecular weight excluding hydrogens is 631 g/mol. The lowest BCUT2D eigenvalue weighted by molar-refractivity contribution is -0.139. The number of anilines is 1. The number of rotatable bonds is 11. The smallest absolute Gasteiger partial charge is 0.417 e. The summed E-state index contributed by atoms with van der Waals surface area (Å²) in [5.74, 6) is -0.635. The van der Waals surface area contributed by atoms with Gasteiger partial charge in [0.15, 0.2) is 0 Å². The number of ether oxygens (including phenoxy) is 1. The number of carbonyl (C=O) groups excluding carboxylic acids is 2. The van der Waals surface area contributed by atoms with Gasteiger partial charge in [-0.3, -0.25) is 13.9 Å². The van der Waals surface area contributed by atoms with Gasteiger partial charge in [0.25, 0.3) is 10.0 Å². The number of sulfonamides is 1. The number of nitrogens with zero attached hydrogens (tertiary/aromatic N) is 2. The molecule has 0 unspecified atom stereocenters. The van der Waals surface area contributed by atoms with Gasteiger partial charge in [-0.2, -0.15) is 13.2 Å². The normalized spacial score (nSPS) is 14.6. The Labute approximate surface area is 266 Å². The summed E-state index contributed by atoms with van der Waals surface area (Å²) < 4.78 is 75.2. The zero-order valence-corrected chi connectivity index (χ0v) is 26.7. The largest absolute Gasteiger partial charge is 0.497 e. The second-order valence-corrected chi connectivity index (χ2v) is 13.3. The number of hydrogen-bond donors (Lipinski definition) is 1. The van der Waals surface area contributed by atoms with E-state index in [9.17, 15) is 31.2 Å². The first-order valence-electron chi connectivity index (χ1n) is 14.4. The number of alkyl halides is 3. The Morgan fingerprint density at radius 3 is 2.22 bits per heavy atom. The van der Waals surface area contributed by atoms with Crippen LogP contribution in [0.15, 0.2) is 71.6 Å². The van der Waals surface area contributed by atoms with Crippen LogP contribution in [0.4, 0.5) is 18.9 Å². The maximum atomic E-state index is 14.1. The van der Waals surface area contributed by atoms with Crippen molar-refractivity contribution >= 4 is 39.1 Å². The van der Waals surface area contributed by atoms with Crippen molar-refractivity contribution in [3.8, 4) is 5.75 Å². The summed E-state index contributed by atoms with van der Waals surface area (Å²) in [5.41, 5.74) is -0.274. The molecule has 45 heavy (non-hydrogen) atoms. The minimum absolute atomic E-state index is 0.0360. The minimum Gasteiger partial charge on any atom is -0.497 e. The highest BCUT2D eigenvalue weighted by atomic mass is 35.5. The van der Waals surface area contributed by atoms with Gasteiger partial charge in [-0.25, -0.2) is 8.42 Å². The van der Waals surface area contributed by atoms with E-state index in [1.165, 1.54) is 31.1 Å². The summed E-state index contributed by atoms with van der Waals surface area (Å²) in [5, 5.41) is 2.35. The number of halogens is 4. The Bertz CT molecular complexity index is 1610. The summed E-state index contributed by atoms with van der Waals surface area (Å²) in [6.07, 6.45) is -1.32. The van der Waals surface area contributed by atoms with Gasteiger partial charge in [-0.05, 0) is 74.7 Å². The van der Waals surface area contributed by atoms with Gasteiger partial charge >= 0.3 is 6.18 Å². The van der Waals surface area contributed by atoms with Gasteiger partial charge in [-0.15, -0.1) is 0 Å². The first-order valence-corrected chi connectivity index (χ1v) is 16.2. The molecule has 13 heteroatoms. The first-order chi connectivity index (χ1) is 21.2. The van der Waals surface area contributed by atoms with Crippen LogP contribution in [0, 0.1) is 6.92 Å². The van der Waals surface area contributed by atoms with E-state index in [1.807, 2.05) is 0 Å². The number of nitrogens with one attached hydrogen (secondary N) is 1. The molecule has 4 rings (SSSR count). The third-order valence-electron chi connectivity index (χ3n) is 7.81. The first kappa shape index (κ1) is 34.1. The monoisotopic (exact) mass is 665 g/mol. The summed E-state index contributed by atoms with van der Waals surface area (Å²) in [6.45, 7) is 2.33. The fourth-order valence-corrected chi connectivity index (χ4v) is 6.78. The van der Waals surface area contributed by atoms with Gasteiger partial charge in [-0.1, -0.05) is 54.3 Å². The van der Waals surface area contributed by atoms with Crippen molar-refractivity contribution in [3.05, 3.63) is 88.4 Å². The molecule has 1 atom stereocenters. The molecule has 3 aromatic carbocycles. The molecular formula is C32H35ClF3N3O5S. The maximum Gasteiger partial charge on any atom is 0.417 e. The molecule has 1 aliphatic carbocycles. The Morgan fingerprint density at radius 1 is 1.02 bits per heavy atom. The summed E-state index contributed by atoms with van der Waals surface area (Å²) in [4.78, 5) is 28.4. The van der Waals surface area contributed by atoms with E-state index in [4.69, 9.17) is 16.3 Å². The molecule has 0 aromatic heterocycles. The molecule has 1 fully saturated rings. The van der Waals surface area contributed by atoms with Gasteiger partial charge in [0, 0.05) is 12.6 Å². The fourth-order valence-electron chi connectivity index (χ4n) is 5.15. The lowest BCUT2D eigenvalue weighted by Crippen LogP contribution is -2.52. The Balaban J connectivity index is 1.75. The van der Waals surface area contributed by atoms with Crippen LogP contribution in [0.25, 0.3) is 0 Å². The molecule has 0 radical (unpaired) electrons. The van der Waals surface area contributed by atoms with Crippen molar-refractivity contribution in [2.45, 2.75) is 69.2 Å². The topological polar surface area (TPSA) is 96.0 Å². The van der Waals surface area contributed by atoms with E-state index < -0.39 is 56.9 Å². The molecule has 0 aliphatic heterocycles. The van der Waals surface area contributed by atoms with Crippen LogP contribution in [0.1, 0.15) is 49.3 Å². The molecule has 0 saturated heterocycles. The molecule has 1 aliphatic rings. The van der Waals surface area contributed by atoms with Crippen LogP contribution in [-0.4, -0.2) is 50.9 Å². The van der Waals surface area contributed by atoms with Crippen LogP contribution in [0.2, 0.25) is 5.02 Å². The second-order valence-electron chi connectivity index (χ2n) is 11.0. The number of carbonyl (C=O) groups is 2.